The van der Waals surface area contributed by atoms with Crippen LogP contribution in [0.4, 0.5) is 4.79 Å². The zero-order valence-electron chi connectivity index (χ0n) is 20.6. The summed E-state index contributed by atoms with van der Waals surface area (Å²) in [6, 6.07) is 2.24. The number of hydrogen-bond acceptors (Lipinski definition) is 7. The number of ketones is 1. The summed E-state index contributed by atoms with van der Waals surface area (Å²) in [4.78, 5) is 54.2. The van der Waals surface area contributed by atoms with Crippen molar-refractivity contribution in [2.75, 3.05) is 39.9 Å². The number of carbonyl (C=O) groups excluding carboxylic acids is 4. The van der Waals surface area contributed by atoms with Gasteiger partial charge >= 0.3 is 12.0 Å². The fourth-order valence-corrected chi connectivity index (χ4v) is 5.25. The molecular formula is C24H35N3O6S. The highest BCUT2D eigenvalue weighted by Crippen LogP contribution is 2.40. The van der Waals surface area contributed by atoms with Crippen LogP contribution in [0.1, 0.15) is 66.3 Å². The molecule has 3 heterocycles. The molecule has 1 spiro atoms. The number of piperidine rings is 1. The summed E-state index contributed by atoms with van der Waals surface area (Å²) in [5.41, 5.74) is -0.479. The van der Waals surface area contributed by atoms with Gasteiger partial charge in [0.05, 0.1) is 29.1 Å². The van der Waals surface area contributed by atoms with Crippen LogP contribution >= 0.6 is 11.3 Å². The van der Waals surface area contributed by atoms with Crippen molar-refractivity contribution >= 4 is 35.0 Å². The van der Waals surface area contributed by atoms with E-state index in [4.69, 9.17) is 9.47 Å². The molecule has 1 aromatic heterocycles. The molecule has 1 unspecified atom stereocenters. The fraction of sp³-hybridized carbons (Fsp3) is 0.667. The van der Waals surface area contributed by atoms with Gasteiger partial charge < -0.3 is 24.6 Å². The lowest BCUT2D eigenvalue weighted by molar-refractivity contribution is -0.146. The molecule has 2 aliphatic rings. The summed E-state index contributed by atoms with van der Waals surface area (Å²) >= 11 is 1.24. The lowest BCUT2D eigenvalue weighted by atomic mass is 9.78. The second kappa shape index (κ2) is 10.4. The second-order valence-electron chi connectivity index (χ2n) is 10.1. The molecule has 34 heavy (non-hydrogen) atoms. The Morgan fingerprint density at radius 1 is 1.06 bits per heavy atom. The average Bonchev–Trinajstić information content (AvgIpc) is 3.44. The summed E-state index contributed by atoms with van der Waals surface area (Å²) in [6.07, 6.45) is 2.47. The van der Waals surface area contributed by atoms with Crippen molar-refractivity contribution in [1.29, 1.82) is 0 Å². The molecule has 0 saturated carbocycles. The Morgan fingerprint density at radius 2 is 1.65 bits per heavy atom. The maximum atomic E-state index is 12.9. The Morgan fingerprint density at radius 3 is 2.18 bits per heavy atom. The van der Waals surface area contributed by atoms with Crippen molar-refractivity contribution in [3.63, 3.8) is 0 Å². The van der Waals surface area contributed by atoms with E-state index in [1.807, 2.05) is 25.7 Å². The SMILES string of the molecule is COC(=O)C(COC(C)(C)C)NC(=O)N1CCC2(CCN(C(=O)c3ccc(C(C)=O)s3)CC2)C1. The minimum atomic E-state index is -0.876. The van der Waals surface area contributed by atoms with Gasteiger partial charge in [0.15, 0.2) is 11.8 Å². The average molecular weight is 494 g/mol. The molecule has 10 heteroatoms. The standard InChI is InChI=1S/C24H35N3O6S/c1-16(28)18-6-7-19(34-18)20(29)26-11-8-24(9-12-26)10-13-27(15-24)22(31)25-17(21(30)32-5)14-33-23(2,3)4/h6-7,17H,8-15H2,1-5H3,(H,25,31). The number of carbonyl (C=O) groups is 4. The predicted octanol–water partition coefficient (Wildman–Crippen LogP) is 2.95. The molecule has 2 aliphatic heterocycles. The summed E-state index contributed by atoms with van der Waals surface area (Å²) in [6.45, 7) is 9.59. The van der Waals surface area contributed by atoms with Crippen molar-refractivity contribution < 1.29 is 28.7 Å². The Kier molecular flexibility index (Phi) is 8.02. The minimum Gasteiger partial charge on any atom is -0.467 e. The van der Waals surface area contributed by atoms with Crippen LogP contribution in [0.5, 0.6) is 0 Å². The largest absolute Gasteiger partial charge is 0.467 e. The number of likely N-dealkylation sites (tertiary alicyclic amines) is 2. The van der Waals surface area contributed by atoms with Gasteiger partial charge in [-0.25, -0.2) is 9.59 Å². The van der Waals surface area contributed by atoms with E-state index < -0.39 is 17.6 Å². The van der Waals surface area contributed by atoms with Crippen molar-refractivity contribution in [3.8, 4) is 0 Å². The molecule has 3 amide bonds. The van der Waals surface area contributed by atoms with E-state index in [1.54, 1.807) is 17.0 Å². The van der Waals surface area contributed by atoms with Crippen LogP contribution in [0.15, 0.2) is 12.1 Å². The van der Waals surface area contributed by atoms with Gasteiger partial charge in [-0.1, -0.05) is 0 Å². The van der Waals surface area contributed by atoms with Gasteiger partial charge in [0, 0.05) is 26.2 Å². The molecular weight excluding hydrogens is 458 g/mol. The first kappa shape index (κ1) is 26.2. The molecule has 1 N–H and O–H groups in total. The molecule has 9 nitrogen and oxygen atoms in total. The Balaban J connectivity index is 1.54. The van der Waals surface area contributed by atoms with Crippen molar-refractivity contribution in [2.45, 2.75) is 58.6 Å². The molecule has 0 aliphatic carbocycles. The number of nitrogens with zero attached hydrogens (tertiary/aromatic N) is 2. The molecule has 2 fully saturated rings. The van der Waals surface area contributed by atoms with Crippen LogP contribution in [0.25, 0.3) is 0 Å². The van der Waals surface area contributed by atoms with Crippen LogP contribution in [0.2, 0.25) is 0 Å². The maximum Gasteiger partial charge on any atom is 0.330 e. The first-order chi connectivity index (χ1) is 15.9. The number of ether oxygens (including phenoxy) is 2. The molecule has 188 valence electrons. The van der Waals surface area contributed by atoms with Gasteiger partial charge in [-0.15, -0.1) is 11.3 Å². The minimum absolute atomic E-state index is 0.0310. The number of amides is 3. The van der Waals surface area contributed by atoms with Crippen molar-refractivity contribution in [2.24, 2.45) is 5.41 Å². The number of hydrogen-bond donors (Lipinski definition) is 1. The number of thiophene rings is 1. The Hall–Kier alpha value is -2.46. The fourth-order valence-electron chi connectivity index (χ4n) is 4.38. The second-order valence-corrected chi connectivity index (χ2v) is 11.2. The highest BCUT2D eigenvalue weighted by molar-refractivity contribution is 7.15. The highest BCUT2D eigenvalue weighted by atomic mass is 32.1. The molecule has 1 aromatic rings. The smallest absolute Gasteiger partial charge is 0.330 e. The van der Waals surface area contributed by atoms with Gasteiger partial charge in [-0.3, -0.25) is 9.59 Å². The van der Waals surface area contributed by atoms with Gasteiger partial charge in [-0.2, -0.15) is 0 Å². The molecule has 0 bridgehead atoms. The van der Waals surface area contributed by atoms with Gasteiger partial charge in [-0.05, 0) is 64.5 Å². The zero-order valence-corrected chi connectivity index (χ0v) is 21.5. The van der Waals surface area contributed by atoms with Crippen LogP contribution < -0.4 is 5.32 Å². The lowest BCUT2D eigenvalue weighted by Gasteiger charge is -2.39. The first-order valence-corrected chi connectivity index (χ1v) is 12.4. The summed E-state index contributed by atoms with van der Waals surface area (Å²) < 4.78 is 10.5. The first-order valence-electron chi connectivity index (χ1n) is 11.6. The number of Topliss-reactive ketones (excluding diaryl/α,β-unsaturated/α-hetero) is 1. The van der Waals surface area contributed by atoms with E-state index in [9.17, 15) is 19.2 Å². The maximum absolute atomic E-state index is 12.9. The number of rotatable bonds is 6. The van der Waals surface area contributed by atoms with Crippen LogP contribution in [0.3, 0.4) is 0 Å². The zero-order chi connectivity index (χ0) is 25.1. The van der Waals surface area contributed by atoms with E-state index in [-0.39, 0.29) is 29.7 Å². The Bertz CT molecular complexity index is 929. The van der Waals surface area contributed by atoms with E-state index in [1.165, 1.54) is 25.4 Å². The van der Waals surface area contributed by atoms with Crippen LogP contribution in [-0.2, 0) is 14.3 Å². The Labute approximate surface area is 204 Å². The normalized spacial score (nSPS) is 18.6. The summed E-state index contributed by atoms with van der Waals surface area (Å²) in [7, 11) is 1.29. The molecule has 1 atom stereocenters. The van der Waals surface area contributed by atoms with E-state index in [2.05, 4.69) is 5.32 Å². The number of urea groups is 1. The highest BCUT2D eigenvalue weighted by Gasteiger charge is 2.43. The monoisotopic (exact) mass is 493 g/mol. The molecule has 0 aromatic carbocycles. The van der Waals surface area contributed by atoms with Gasteiger partial charge in [0.25, 0.3) is 5.91 Å². The van der Waals surface area contributed by atoms with Crippen LogP contribution in [0, 0.1) is 5.41 Å². The molecule has 0 radical (unpaired) electrons. The predicted molar refractivity (Wildman–Crippen MR) is 128 cm³/mol. The van der Waals surface area contributed by atoms with Crippen LogP contribution in [-0.4, -0.2) is 85.0 Å². The molecule has 3 rings (SSSR count). The van der Waals surface area contributed by atoms with Crippen molar-refractivity contribution in [1.82, 2.24) is 15.1 Å². The van der Waals surface area contributed by atoms with Gasteiger partial charge in [0.2, 0.25) is 0 Å². The third-order valence-corrected chi connectivity index (χ3v) is 7.64. The van der Waals surface area contributed by atoms with E-state index >= 15 is 0 Å². The lowest BCUT2D eigenvalue weighted by Crippen LogP contribution is -2.51. The number of esters is 1. The molecule has 2 saturated heterocycles. The summed E-state index contributed by atoms with van der Waals surface area (Å²) in [5, 5.41) is 2.76. The van der Waals surface area contributed by atoms with Crippen molar-refractivity contribution in [3.05, 3.63) is 21.9 Å². The summed E-state index contributed by atoms with van der Waals surface area (Å²) in [5.74, 6) is -0.620. The van der Waals surface area contributed by atoms with Gasteiger partial charge in [0.1, 0.15) is 0 Å². The number of nitrogens with one attached hydrogen (secondary N) is 1. The number of methoxy groups -OCH3 is 1. The van der Waals surface area contributed by atoms with E-state index in [0.29, 0.717) is 35.9 Å². The quantitative estimate of drug-likeness (QED) is 0.483. The third-order valence-electron chi connectivity index (χ3n) is 6.47. The van der Waals surface area contributed by atoms with E-state index in [0.717, 1.165) is 19.3 Å². The third kappa shape index (κ3) is 6.35. The topological polar surface area (TPSA) is 105 Å².